The minimum atomic E-state index is -1.26. The van der Waals surface area contributed by atoms with Crippen molar-refractivity contribution in [2.24, 2.45) is 39.4 Å². The van der Waals surface area contributed by atoms with E-state index >= 15 is 0 Å². The monoisotopic (exact) mass is 559 g/mol. The Balaban J connectivity index is 1.07. The molecule has 1 aromatic carbocycles. The molecular formula is C34H41NO6. The first kappa shape index (κ1) is 26.3. The minimum Gasteiger partial charge on any atom is -0.399 e. The van der Waals surface area contributed by atoms with Crippen LogP contribution < -0.4 is 5.73 Å². The summed E-state index contributed by atoms with van der Waals surface area (Å²) in [5.41, 5.74) is 7.03. The Morgan fingerprint density at radius 3 is 2.71 bits per heavy atom. The van der Waals surface area contributed by atoms with E-state index in [4.69, 9.17) is 15.2 Å². The fourth-order valence-corrected chi connectivity index (χ4v) is 11.6. The van der Waals surface area contributed by atoms with Gasteiger partial charge in [-0.15, -0.1) is 0 Å². The lowest BCUT2D eigenvalue weighted by atomic mass is 9.33. The molecule has 7 fully saturated rings. The van der Waals surface area contributed by atoms with E-state index in [1.807, 2.05) is 18.2 Å². The molecule has 0 aromatic heterocycles. The third-order valence-electron chi connectivity index (χ3n) is 13.0. The summed E-state index contributed by atoms with van der Waals surface area (Å²) in [6.45, 7) is 3.66. The van der Waals surface area contributed by atoms with Crippen LogP contribution in [0.4, 0.5) is 5.69 Å². The number of nitrogens with two attached hydrogens (primary N) is 1. The second-order valence-electron chi connectivity index (χ2n) is 15.2. The van der Waals surface area contributed by atoms with Crippen molar-refractivity contribution in [3.63, 3.8) is 0 Å². The van der Waals surface area contributed by atoms with Crippen LogP contribution in [0.15, 0.2) is 48.1 Å². The Morgan fingerprint density at radius 2 is 1.98 bits per heavy atom. The van der Waals surface area contributed by atoms with Crippen molar-refractivity contribution < 1.29 is 29.3 Å². The highest BCUT2D eigenvalue weighted by Crippen LogP contribution is 2.79. The number of Topliss-reactive ketones (excluding diaryl/α,β-unsaturated/α-hetero) is 1. The van der Waals surface area contributed by atoms with Crippen molar-refractivity contribution in [3.05, 3.63) is 53.6 Å². The zero-order valence-corrected chi connectivity index (χ0v) is 24.0. The van der Waals surface area contributed by atoms with Gasteiger partial charge in [-0.3, -0.25) is 9.59 Å². The summed E-state index contributed by atoms with van der Waals surface area (Å²) in [6, 6.07) is 8.12. The molecule has 1 aromatic rings. The molecule has 7 aliphatic carbocycles. The van der Waals surface area contributed by atoms with Crippen molar-refractivity contribution in [2.45, 2.75) is 89.3 Å². The number of benzene rings is 1. The quantitative estimate of drug-likeness (QED) is 0.468. The summed E-state index contributed by atoms with van der Waals surface area (Å²) < 4.78 is 13.7. The Bertz CT molecular complexity index is 1400. The van der Waals surface area contributed by atoms with E-state index in [-0.39, 0.29) is 45.6 Å². The number of hydrogen-bond donors (Lipinski definition) is 3. The van der Waals surface area contributed by atoms with Gasteiger partial charge in [0.1, 0.15) is 6.61 Å². The summed E-state index contributed by atoms with van der Waals surface area (Å²) in [6.07, 6.45) is 10.6. The number of carbonyl (C=O) groups excluding carboxylic acids is 2. The van der Waals surface area contributed by atoms with Crippen LogP contribution in [0.3, 0.4) is 0 Å². The Morgan fingerprint density at radius 1 is 1.20 bits per heavy atom. The molecule has 41 heavy (non-hydrogen) atoms. The van der Waals surface area contributed by atoms with Crippen LogP contribution in [-0.2, 0) is 25.5 Å². The molecule has 0 unspecified atom stereocenters. The smallest absolute Gasteiger partial charge is 0.193 e. The molecule has 218 valence electrons. The van der Waals surface area contributed by atoms with Crippen molar-refractivity contribution in [3.8, 4) is 0 Å². The Kier molecular flexibility index (Phi) is 5.26. The van der Waals surface area contributed by atoms with Crippen LogP contribution >= 0.6 is 0 Å². The van der Waals surface area contributed by atoms with Gasteiger partial charge in [-0.25, -0.2) is 0 Å². The lowest BCUT2D eigenvalue weighted by molar-refractivity contribution is -0.323. The number of hydrogen-bond acceptors (Lipinski definition) is 7. The molecule has 1 heterocycles. The number of aliphatic hydroxyl groups excluding tert-OH is 2. The molecular weight excluding hydrogens is 518 g/mol. The van der Waals surface area contributed by atoms with E-state index in [9.17, 15) is 19.8 Å². The number of allylic oxidation sites excluding steroid dienone is 4. The predicted octanol–water partition coefficient (Wildman–Crippen LogP) is 3.91. The topological polar surface area (TPSA) is 119 Å². The Labute approximate surface area is 241 Å². The summed E-state index contributed by atoms with van der Waals surface area (Å²) in [5.74, 6) is -0.0487. The van der Waals surface area contributed by atoms with E-state index in [2.05, 4.69) is 26.0 Å². The van der Waals surface area contributed by atoms with Crippen LogP contribution in [0, 0.1) is 39.4 Å². The fourth-order valence-electron chi connectivity index (χ4n) is 11.6. The number of rotatable bonds is 5. The van der Waals surface area contributed by atoms with E-state index < -0.39 is 36.1 Å². The van der Waals surface area contributed by atoms with Crippen LogP contribution in [0.5, 0.6) is 0 Å². The summed E-state index contributed by atoms with van der Waals surface area (Å²) in [5, 5.41) is 22.1. The molecule has 7 nitrogen and oxygen atoms in total. The number of fused-ring (bicyclic) bond motifs is 7. The molecule has 1 saturated heterocycles. The van der Waals surface area contributed by atoms with Crippen molar-refractivity contribution >= 4 is 17.3 Å². The zero-order chi connectivity index (χ0) is 28.6. The van der Waals surface area contributed by atoms with Gasteiger partial charge in [0.2, 0.25) is 0 Å². The zero-order valence-electron chi connectivity index (χ0n) is 24.0. The fraction of sp³-hybridized carbons (Fsp3) is 0.647. The Hall–Kier alpha value is -2.32. The van der Waals surface area contributed by atoms with Crippen molar-refractivity contribution in [1.82, 2.24) is 0 Å². The van der Waals surface area contributed by atoms with Crippen LogP contribution in [0.25, 0.3) is 0 Å². The average molecular weight is 560 g/mol. The van der Waals surface area contributed by atoms with E-state index in [0.717, 1.165) is 49.8 Å². The molecule has 8 aliphatic rings. The highest BCUT2D eigenvalue weighted by molar-refractivity contribution is 6.01. The van der Waals surface area contributed by atoms with Crippen molar-refractivity contribution in [1.29, 1.82) is 0 Å². The maximum Gasteiger partial charge on any atom is 0.193 e. The van der Waals surface area contributed by atoms with Gasteiger partial charge in [0.25, 0.3) is 0 Å². The maximum atomic E-state index is 13.8. The number of aliphatic hydroxyl groups is 2. The number of ether oxygens (including phenoxy) is 2. The maximum absolute atomic E-state index is 13.8. The predicted molar refractivity (Wildman–Crippen MR) is 151 cm³/mol. The van der Waals surface area contributed by atoms with E-state index in [1.165, 1.54) is 5.56 Å². The molecule has 4 N–H and O–H groups in total. The van der Waals surface area contributed by atoms with Gasteiger partial charge in [-0.1, -0.05) is 37.6 Å². The molecule has 0 radical (unpaired) electrons. The van der Waals surface area contributed by atoms with Gasteiger partial charge in [0, 0.05) is 27.9 Å². The molecule has 0 amide bonds. The largest absolute Gasteiger partial charge is 0.399 e. The molecule has 1 aliphatic heterocycles. The number of ketones is 2. The van der Waals surface area contributed by atoms with Crippen LogP contribution in [0.1, 0.15) is 64.4 Å². The SMILES string of the molecule is C[C@]12C=CC(=O)C=C1CC[C@@H]1[C@@H]2[C@@H](O)C[C@@]2(C)[C@H]1C[C@H]1O[C@H](C34CC(Cc5cccc(N)c5)(C3)C4)O[C@]12C(=O)CO. The number of nitrogen functional groups attached to an aromatic ring is 1. The second-order valence-corrected chi connectivity index (χ2v) is 15.2. The van der Waals surface area contributed by atoms with Crippen LogP contribution in [0.2, 0.25) is 0 Å². The summed E-state index contributed by atoms with van der Waals surface area (Å²) >= 11 is 0. The summed E-state index contributed by atoms with van der Waals surface area (Å²) in [4.78, 5) is 26.0. The first-order valence-electron chi connectivity index (χ1n) is 15.4. The highest BCUT2D eigenvalue weighted by atomic mass is 16.7. The normalized spacial score (nSPS) is 50.5. The van der Waals surface area contributed by atoms with Gasteiger partial charge in [-0.05, 0) is 98.5 Å². The molecule has 7 heteroatoms. The minimum absolute atomic E-state index is 0.0186. The number of anilines is 1. The van der Waals surface area contributed by atoms with Gasteiger partial charge in [0.15, 0.2) is 23.5 Å². The third kappa shape index (κ3) is 3.19. The van der Waals surface area contributed by atoms with Gasteiger partial charge in [-0.2, -0.15) is 0 Å². The van der Waals surface area contributed by atoms with Gasteiger partial charge >= 0.3 is 0 Å². The lowest BCUT2D eigenvalue weighted by Gasteiger charge is -2.72. The second kappa shape index (κ2) is 8.19. The number of carbonyl (C=O) groups is 2. The first-order valence-corrected chi connectivity index (χ1v) is 15.4. The van der Waals surface area contributed by atoms with Crippen LogP contribution in [-0.4, -0.2) is 52.5 Å². The van der Waals surface area contributed by atoms with E-state index in [0.29, 0.717) is 12.8 Å². The van der Waals surface area contributed by atoms with Gasteiger partial charge < -0.3 is 25.4 Å². The first-order chi connectivity index (χ1) is 19.5. The molecule has 2 bridgehead atoms. The molecule has 9 atom stereocenters. The summed E-state index contributed by atoms with van der Waals surface area (Å²) in [7, 11) is 0. The van der Waals surface area contributed by atoms with E-state index in [1.54, 1.807) is 12.2 Å². The lowest BCUT2D eigenvalue weighted by Crippen LogP contribution is -2.69. The van der Waals surface area contributed by atoms with Crippen molar-refractivity contribution in [2.75, 3.05) is 12.3 Å². The average Bonchev–Trinajstić information content (AvgIpc) is 3.38. The third-order valence-corrected chi connectivity index (χ3v) is 13.0. The molecule has 6 saturated carbocycles. The molecule has 0 spiro atoms. The molecule has 9 rings (SSSR count). The van der Waals surface area contributed by atoms with Gasteiger partial charge in [0.05, 0.1) is 12.2 Å². The standard InChI is InChI=1S/C34H41NO6/c1-30-9-8-22(37)11-20(30)6-7-23-24-12-27-34(26(39)15-36,31(24,2)14-25(38)28(23)30)41-29(40-27)33-16-32(17-33,18-33)13-19-4-3-5-21(35)10-19/h3-5,8-11,23-25,27-29,36,38H,6-7,12-18,35H2,1-2H3/t23-,24-,25-,27+,28+,29-,30-,31-,32?,33?,34+/m0/s1. The highest BCUT2D eigenvalue weighted by Gasteiger charge is 2.80.